The third-order valence-electron chi connectivity index (χ3n) is 2.15. The molecule has 0 aliphatic carbocycles. The van der Waals surface area contributed by atoms with Gasteiger partial charge in [0.2, 0.25) is 0 Å². The molecule has 0 saturated carbocycles. The van der Waals surface area contributed by atoms with E-state index in [0.29, 0.717) is 0 Å². The molecular formula is C11H18N2. The predicted molar refractivity (Wildman–Crippen MR) is 56.7 cm³/mol. The first kappa shape index (κ1) is 10.2. The maximum absolute atomic E-state index is 6.06. The highest BCUT2D eigenvalue weighted by atomic mass is 15.1. The van der Waals surface area contributed by atoms with Crippen LogP contribution in [-0.2, 0) is 0 Å². The lowest BCUT2D eigenvalue weighted by atomic mass is 10.0. The summed E-state index contributed by atoms with van der Waals surface area (Å²) in [5.41, 5.74) is 8.58. The standard InChI is InChI=1S/C11H18N2/c1-9-6-4-5-7-10(9)11(12)8-13(2)3/h4-7,11H,8,12H2,1-3H3. The molecule has 1 atom stereocenters. The van der Waals surface area contributed by atoms with Gasteiger partial charge in [-0.25, -0.2) is 0 Å². The second-order valence-corrected chi connectivity index (χ2v) is 3.73. The molecule has 1 unspecified atom stereocenters. The highest BCUT2D eigenvalue weighted by Crippen LogP contribution is 2.15. The second kappa shape index (κ2) is 4.40. The second-order valence-electron chi connectivity index (χ2n) is 3.73. The summed E-state index contributed by atoms with van der Waals surface area (Å²) in [6.45, 7) is 3.00. The quantitative estimate of drug-likeness (QED) is 0.761. The lowest BCUT2D eigenvalue weighted by Crippen LogP contribution is -2.26. The molecule has 0 bridgehead atoms. The Kier molecular flexibility index (Phi) is 3.46. The number of hydrogen-bond donors (Lipinski definition) is 1. The van der Waals surface area contributed by atoms with E-state index in [2.05, 4.69) is 24.0 Å². The number of hydrogen-bond acceptors (Lipinski definition) is 2. The maximum Gasteiger partial charge on any atom is 0.0426 e. The van der Waals surface area contributed by atoms with Crippen LogP contribution in [0.2, 0.25) is 0 Å². The molecule has 0 radical (unpaired) electrons. The Hall–Kier alpha value is -0.860. The van der Waals surface area contributed by atoms with Gasteiger partial charge in [0.1, 0.15) is 0 Å². The number of nitrogens with zero attached hydrogens (tertiary/aromatic N) is 1. The number of rotatable bonds is 3. The fraction of sp³-hybridized carbons (Fsp3) is 0.455. The zero-order valence-corrected chi connectivity index (χ0v) is 8.62. The molecule has 1 aromatic carbocycles. The largest absolute Gasteiger partial charge is 0.323 e. The minimum atomic E-state index is 0.121. The lowest BCUT2D eigenvalue weighted by molar-refractivity contribution is 0.376. The Morgan fingerprint density at radius 2 is 1.92 bits per heavy atom. The van der Waals surface area contributed by atoms with E-state index < -0.39 is 0 Å². The van der Waals surface area contributed by atoms with E-state index in [-0.39, 0.29) is 6.04 Å². The van der Waals surface area contributed by atoms with E-state index in [9.17, 15) is 0 Å². The number of benzene rings is 1. The number of nitrogens with two attached hydrogens (primary N) is 1. The molecule has 72 valence electrons. The smallest absolute Gasteiger partial charge is 0.0426 e. The average molecular weight is 178 g/mol. The van der Waals surface area contributed by atoms with E-state index in [1.54, 1.807) is 0 Å². The van der Waals surface area contributed by atoms with Crippen molar-refractivity contribution in [1.29, 1.82) is 0 Å². The van der Waals surface area contributed by atoms with Crippen molar-refractivity contribution in [2.45, 2.75) is 13.0 Å². The Balaban J connectivity index is 2.76. The predicted octanol–water partition coefficient (Wildman–Crippen LogP) is 1.56. The maximum atomic E-state index is 6.06. The first-order valence-corrected chi connectivity index (χ1v) is 4.57. The molecule has 13 heavy (non-hydrogen) atoms. The van der Waals surface area contributed by atoms with E-state index in [1.165, 1.54) is 11.1 Å². The average Bonchev–Trinajstić information content (AvgIpc) is 2.03. The summed E-state index contributed by atoms with van der Waals surface area (Å²) in [6.07, 6.45) is 0. The van der Waals surface area contributed by atoms with Gasteiger partial charge in [0.25, 0.3) is 0 Å². The van der Waals surface area contributed by atoms with Gasteiger partial charge in [-0.3, -0.25) is 0 Å². The van der Waals surface area contributed by atoms with Crippen LogP contribution >= 0.6 is 0 Å². The van der Waals surface area contributed by atoms with Gasteiger partial charge in [0.15, 0.2) is 0 Å². The molecule has 1 aromatic rings. The summed E-state index contributed by atoms with van der Waals surface area (Å²) in [5, 5.41) is 0. The van der Waals surface area contributed by atoms with E-state index in [1.807, 2.05) is 26.2 Å². The van der Waals surface area contributed by atoms with Crippen LogP contribution in [0.1, 0.15) is 17.2 Å². The first-order valence-electron chi connectivity index (χ1n) is 4.57. The summed E-state index contributed by atoms with van der Waals surface area (Å²) in [4.78, 5) is 2.11. The fourth-order valence-corrected chi connectivity index (χ4v) is 1.49. The van der Waals surface area contributed by atoms with Crippen molar-refractivity contribution in [3.8, 4) is 0 Å². The zero-order valence-electron chi connectivity index (χ0n) is 8.62. The molecule has 0 spiro atoms. The van der Waals surface area contributed by atoms with Crippen LogP contribution in [0.5, 0.6) is 0 Å². The number of aryl methyl sites for hydroxylation is 1. The third kappa shape index (κ3) is 2.83. The molecule has 0 fully saturated rings. The normalized spacial score (nSPS) is 13.3. The molecule has 0 aliphatic heterocycles. The van der Waals surface area contributed by atoms with Gasteiger partial charge < -0.3 is 10.6 Å². The minimum absolute atomic E-state index is 0.121. The van der Waals surface area contributed by atoms with Crippen molar-refractivity contribution in [3.05, 3.63) is 35.4 Å². The molecule has 2 heteroatoms. The van der Waals surface area contributed by atoms with E-state index >= 15 is 0 Å². The van der Waals surface area contributed by atoms with Crippen LogP contribution in [0, 0.1) is 6.92 Å². The Morgan fingerprint density at radius 1 is 1.31 bits per heavy atom. The van der Waals surface area contributed by atoms with Crippen molar-refractivity contribution in [2.75, 3.05) is 20.6 Å². The lowest BCUT2D eigenvalue weighted by Gasteiger charge is -2.18. The van der Waals surface area contributed by atoms with E-state index in [4.69, 9.17) is 5.73 Å². The SMILES string of the molecule is Cc1ccccc1C(N)CN(C)C. The molecule has 1 rings (SSSR count). The van der Waals surface area contributed by atoms with Crippen LogP contribution in [0.3, 0.4) is 0 Å². The molecule has 0 heterocycles. The van der Waals surface area contributed by atoms with Crippen molar-refractivity contribution in [3.63, 3.8) is 0 Å². The van der Waals surface area contributed by atoms with Gasteiger partial charge in [0, 0.05) is 12.6 Å². The van der Waals surface area contributed by atoms with Crippen molar-refractivity contribution >= 4 is 0 Å². The van der Waals surface area contributed by atoms with Crippen molar-refractivity contribution in [2.24, 2.45) is 5.73 Å². The summed E-state index contributed by atoms with van der Waals surface area (Å²) in [7, 11) is 4.08. The summed E-state index contributed by atoms with van der Waals surface area (Å²) < 4.78 is 0. The monoisotopic (exact) mass is 178 g/mol. The van der Waals surface area contributed by atoms with Gasteiger partial charge in [-0.1, -0.05) is 24.3 Å². The van der Waals surface area contributed by atoms with Crippen LogP contribution < -0.4 is 5.73 Å². The molecule has 0 aromatic heterocycles. The topological polar surface area (TPSA) is 29.3 Å². The molecule has 0 saturated heterocycles. The summed E-state index contributed by atoms with van der Waals surface area (Å²) >= 11 is 0. The summed E-state index contributed by atoms with van der Waals surface area (Å²) in [6, 6.07) is 8.41. The molecule has 0 aliphatic rings. The number of likely N-dealkylation sites (N-methyl/N-ethyl adjacent to an activating group) is 1. The van der Waals surface area contributed by atoms with Gasteiger partial charge >= 0.3 is 0 Å². The van der Waals surface area contributed by atoms with Gasteiger partial charge in [-0.05, 0) is 32.1 Å². The Labute approximate surface area is 80.4 Å². The third-order valence-corrected chi connectivity index (χ3v) is 2.15. The molecule has 2 N–H and O–H groups in total. The van der Waals surface area contributed by atoms with E-state index in [0.717, 1.165) is 6.54 Å². The fourth-order valence-electron chi connectivity index (χ4n) is 1.49. The van der Waals surface area contributed by atoms with Gasteiger partial charge in [-0.15, -0.1) is 0 Å². The Bertz CT molecular complexity index is 269. The van der Waals surface area contributed by atoms with Crippen molar-refractivity contribution in [1.82, 2.24) is 4.90 Å². The van der Waals surface area contributed by atoms with Crippen molar-refractivity contribution < 1.29 is 0 Å². The van der Waals surface area contributed by atoms with Crippen LogP contribution in [0.15, 0.2) is 24.3 Å². The molecule has 0 amide bonds. The van der Waals surface area contributed by atoms with Gasteiger partial charge in [0.05, 0.1) is 0 Å². The van der Waals surface area contributed by atoms with Gasteiger partial charge in [-0.2, -0.15) is 0 Å². The van der Waals surface area contributed by atoms with Crippen LogP contribution in [-0.4, -0.2) is 25.5 Å². The summed E-state index contributed by atoms with van der Waals surface area (Å²) in [5.74, 6) is 0. The molecular weight excluding hydrogens is 160 g/mol. The highest BCUT2D eigenvalue weighted by Gasteiger charge is 2.08. The molecule has 2 nitrogen and oxygen atoms in total. The first-order chi connectivity index (χ1) is 6.11. The van der Waals surface area contributed by atoms with Crippen LogP contribution in [0.25, 0.3) is 0 Å². The van der Waals surface area contributed by atoms with Crippen LogP contribution in [0.4, 0.5) is 0 Å². The Morgan fingerprint density at radius 3 is 2.46 bits per heavy atom. The minimum Gasteiger partial charge on any atom is -0.323 e. The zero-order chi connectivity index (χ0) is 9.84. The highest BCUT2D eigenvalue weighted by molar-refractivity contribution is 5.28.